The fourth-order valence-electron chi connectivity index (χ4n) is 1.43. The Balaban J connectivity index is 2.40. The summed E-state index contributed by atoms with van der Waals surface area (Å²) in [5, 5.41) is 13.4. The number of carbonyl (C=O) groups is 3. The van der Waals surface area contributed by atoms with E-state index >= 15 is 0 Å². The molecule has 0 atom stereocenters. The standard InChI is InChI=1S/C11H16N4O4S/c1-2-15(5-8(12)16)11(19)13-4-3-9-14-7(6-20-9)10(17)18/h6H,2-5H2,1H3,(H2,12,16)(H,13,19)(H,17,18). The Bertz CT molecular complexity index is 502. The van der Waals surface area contributed by atoms with E-state index in [1.165, 1.54) is 21.6 Å². The van der Waals surface area contributed by atoms with Crippen LogP contribution in [-0.4, -0.2) is 52.5 Å². The first-order valence-corrected chi connectivity index (χ1v) is 6.80. The van der Waals surface area contributed by atoms with Crippen LogP contribution in [0.5, 0.6) is 0 Å². The van der Waals surface area contributed by atoms with Crippen LogP contribution < -0.4 is 11.1 Å². The molecule has 0 bridgehead atoms. The molecule has 0 aromatic carbocycles. The van der Waals surface area contributed by atoms with Gasteiger partial charge in [-0.25, -0.2) is 14.6 Å². The van der Waals surface area contributed by atoms with Crippen LogP contribution in [0, 0.1) is 0 Å². The Morgan fingerprint density at radius 1 is 1.50 bits per heavy atom. The number of nitrogens with two attached hydrogens (primary N) is 1. The van der Waals surface area contributed by atoms with Gasteiger partial charge in [0.2, 0.25) is 5.91 Å². The number of carboxylic acids is 1. The maximum Gasteiger partial charge on any atom is 0.355 e. The fourth-order valence-corrected chi connectivity index (χ4v) is 2.20. The number of carbonyl (C=O) groups excluding carboxylic acids is 2. The number of carboxylic acid groups (broad SMARTS) is 1. The van der Waals surface area contributed by atoms with Crippen molar-refractivity contribution in [3.05, 3.63) is 16.1 Å². The van der Waals surface area contributed by atoms with Crippen molar-refractivity contribution in [2.24, 2.45) is 5.73 Å². The third kappa shape index (κ3) is 4.84. The Hall–Kier alpha value is -2.16. The minimum absolute atomic E-state index is 0.000222. The predicted octanol–water partition coefficient (Wildman–Crippen LogP) is -0.0994. The number of primary amides is 1. The molecule has 0 aliphatic rings. The van der Waals surface area contributed by atoms with Crippen molar-refractivity contribution in [3.63, 3.8) is 0 Å². The molecule has 0 fully saturated rings. The van der Waals surface area contributed by atoms with Gasteiger partial charge in [-0.15, -0.1) is 11.3 Å². The monoisotopic (exact) mass is 300 g/mol. The number of rotatable bonds is 7. The van der Waals surface area contributed by atoms with Crippen LogP contribution in [0.25, 0.3) is 0 Å². The van der Waals surface area contributed by atoms with Gasteiger partial charge < -0.3 is 21.1 Å². The number of nitrogens with one attached hydrogen (secondary N) is 1. The molecule has 3 amide bonds. The Labute approximate surface area is 119 Å². The van der Waals surface area contributed by atoms with E-state index in [4.69, 9.17) is 10.8 Å². The average molecular weight is 300 g/mol. The SMILES string of the molecule is CCN(CC(N)=O)C(=O)NCCc1nc(C(=O)O)cs1. The highest BCUT2D eigenvalue weighted by Gasteiger charge is 2.13. The van der Waals surface area contributed by atoms with Gasteiger partial charge in [0.15, 0.2) is 5.69 Å². The maximum atomic E-state index is 11.7. The van der Waals surface area contributed by atoms with Gasteiger partial charge in [0.25, 0.3) is 0 Å². The van der Waals surface area contributed by atoms with Crippen LogP contribution in [0.15, 0.2) is 5.38 Å². The van der Waals surface area contributed by atoms with E-state index in [-0.39, 0.29) is 18.3 Å². The summed E-state index contributed by atoms with van der Waals surface area (Å²) in [5.74, 6) is -1.65. The van der Waals surface area contributed by atoms with Crippen molar-refractivity contribution < 1.29 is 19.5 Å². The highest BCUT2D eigenvalue weighted by Crippen LogP contribution is 2.09. The lowest BCUT2D eigenvalue weighted by molar-refractivity contribution is -0.118. The molecule has 1 aromatic heterocycles. The summed E-state index contributed by atoms with van der Waals surface area (Å²) in [6.07, 6.45) is 0.428. The summed E-state index contributed by atoms with van der Waals surface area (Å²) in [4.78, 5) is 38.3. The van der Waals surface area contributed by atoms with Gasteiger partial charge in [-0.2, -0.15) is 0 Å². The Kier molecular flexibility index (Phi) is 5.91. The molecule has 0 unspecified atom stereocenters. The summed E-state index contributed by atoms with van der Waals surface area (Å²) < 4.78 is 0. The second kappa shape index (κ2) is 7.43. The Morgan fingerprint density at radius 2 is 2.20 bits per heavy atom. The van der Waals surface area contributed by atoms with Crippen molar-refractivity contribution in [1.82, 2.24) is 15.2 Å². The van der Waals surface area contributed by atoms with Gasteiger partial charge in [-0.3, -0.25) is 4.79 Å². The van der Waals surface area contributed by atoms with Gasteiger partial charge in [-0.1, -0.05) is 0 Å². The molecule has 0 radical (unpaired) electrons. The summed E-state index contributed by atoms with van der Waals surface area (Å²) in [5.41, 5.74) is 5.03. The lowest BCUT2D eigenvalue weighted by Gasteiger charge is -2.19. The van der Waals surface area contributed by atoms with Gasteiger partial charge in [-0.05, 0) is 6.92 Å². The molecular formula is C11H16N4O4S. The number of thiazole rings is 1. The second-order valence-electron chi connectivity index (χ2n) is 3.89. The van der Waals surface area contributed by atoms with E-state index in [0.717, 1.165) is 0 Å². The molecule has 0 saturated heterocycles. The Morgan fingerprint density at radius 3 is 2.70 bits per heavy atom. The first-order chi connectivity index (χ1) is 9.43. The molecule has 1 heterocycles. The zero-order valence-electron chi connectivity index (χ0n) is 11.0. The maximum absolute atomic E-state index is 11.7. The molecule has 0 aliphatic heterocycles. The van der Waals surface area contributed by atoms with Crippen molar-refractivity contribution in [2.75, 3.05) is 19.6 Å². The highest BCUT2D eigenvalue weighted by atomic mass is 32.1. The van der Waals surface area contributed by atoms with Crippen LogP contribution in [-0.2, 0) is 11.2 Å². The lowest BCUT2D eigenvalue weighted by Crippen LogP contribution is -2.44. The highest BCUT2D eigenvalue weighted by molar-refractivity contribution is 7.09. The smallest absolute Gasteiger partial charge is 0.355 e. The van der Waals surface area contributed by atoms with Crippen LogP contribution in [0.1, 0.15) is 22.4 Å². The molecule has 1 rings (SSSR count). The summed E-state index contributed by atoms with van der Waals surface area (Å²) >= 11 is 1.22. The zero-order valence-corrected chi connectivity index (χ0v) is 11.8. The van der Waals surface area contributed by atoms with Crippen LogP contribution in [0.2, 0.25) is 0 Å². The molecule has 0 spiro atoms. The normalized spacial score (nSPS) is 10.1. The number of aromatic nitrogens is 1. The minimum atomic E-state index is -1.07. The number of amides is 3. The summed E-state index contributed by atoms with van der Waals surface area (Å²) in [6.45, 7) is 2.28. The molecule has 110 valence electrons. The number of hydrogen-bond donors (Lipinski definition) is 3. The van der Waals surface area contributed by atoms with Gasteiger partial charge in [0.1, 0.15) is 6.54 Å². The average Bonchev–Trinajstić information content (AvgIpc) is 2.84. The van der Waals surface area contributed by atoms with Crippen molar-refractivity contribution in [1.29, 1.82) is 0 Å². The van der Waals surface area contributed by atoms with Gasteiger partial charge in [0.05, 0.1) is 5.01 Å². The molecule has 8 nitrogen and oxygen atoms in total. The van der Waals surface area contributed by atoms with E-state index in [1.54, 1.807) is 6.92 Å². The molecular weight excluding hydrogens is 284 g/mol. The lowest BCUT2D eigenvalue weighted by atomic mass is 10.4. The quantitative estimate of drug-likeness (QED) is 0.648. The largest absolute Gasteiger partial charge is 0.476 e. The molecule has 0 aliphatic carbocycles. The van der Waals surface area contributed by atoms with Gasteiger partial charge in [0, 0.05) is 24.9 Å². The van der Waals surface area contributed by atoms with Crippen molar-refractivity contribution in [3.8, 4) is 0 Å². The van der Waals surface area contributed by atoms with Crippen LogP contribution in [0.4, 0.5) is 4.79 Å². The zero-order chi connectivity index (χ0) is 15.1. The molecule has 4 N–H and O–H groups in total. The number of urea groups is 1. The summed E-state index contributed by atoms with van der Waals surface area (Å²) in [7, 11) is 0. The first kappa shape index (κ1) is 15.9. The first-order valence-electron chi connectivity index (χ1n) is 5.92. The van der Waals surface area contributed by atoms with E-state index in [0.29, 0.717) is 24.5 Å². The van der Waals surface area contributed by atoms with Gasteiger partial charge >= 0.3 is 12.0 Å². The molecule has 0 saturated carbocycles. The second-order valence-corrected chi connectivity index (χ2v) is 4.84. The topological polar surface area (TPSA) is 126 Å². The van der Waals surface area contributed by atoms with E-state index in [1.807, 2.05) is 0 Å². The van der Waals surface area contributed by atoms with Crippen molar-refractivity contribution >= 4 is 29.2 Å². The van der Waals surface area contributed by atoms with Crippen LogP contribution in [0.3, 0.4) is 0 Å². The third-order valence-electron chi connectivity index (χ3n) is 2.40. The van der Waals surface area contributed by atoms with Crippen molar-refractivity contribution in [2.45, 2.75) is 13.3 Å². The predicted molar refractivity (Wildman–Crippen MR) is 72.6 cm³/mol. The van der Waals surface area contributed by atoms with Crippen LogP contribution >= 0.6 is 11.3 Å². The molecule has 20 heavy (non-hydrogen) atoms. The molecule has 9 heteroatoms. The number of nitrogens with zero attached hydrogens (tertiary/aromatic N) is 2. The number of hydrogen-bond acceptors (Lipinski definition) is 5. The molecule has 1 aromatic rings. The fraction of sp³-hybridized carbons (Fsp3) is 0.455. The number of aromatic carboxylic acids is 1. The van der Waals surface area contributed by atoms with E-state index in [2.05, 4.69) is 10.3 Å². The van der Waals surface area contributed by atoms with E-state index < -0.39 is 11.9 Å². The summed E-state index contributed by atoms with van der Waals surface area (Å²) in [6, 6.07) is -0.388. The van der Waals surface area contributed by atoms with E-state index in [9.17, 15) is 14.4 Å². The number of likely N-dealkylation sites (N-methyl/N-ethyl adjacent to an activating group) is 1. The third-order valence-corrected chi connectivity index (χ3v) is 3.31. The minimum Gasteiger partial charge on any atom is -0.476 e.